The third-order valence-corrected chi connectivity index (χ3v) is 3.14. The second-order valence-electron chi connectivity index (χ2n) is 5.41. The van der Waals surface area contributed by atoms with Gasteiger partial charge in [-0.25, -0.2) is 0 Å². The predicted octanol–water partition coefficient (Wildman–Crippen LogP) is 3.52. The first-order valence-corrected chi connectivity index (χ1v) is 6.63. The Balaban J connectivity index is 2.03. The van der Waals surface area contributed by atoms with Crippen LogP contribution < -0.4 is 5.73 Å². The number of aryl methyl sites for hydroxylation is 2. The van der Waals surface area contributed by atoms with Crippen molar-refractivity contribution in [1.82, 2.24) is 4.90 Å². The van der Waals surface area contributed by atoms with Crippen LogP contribution in [0.3, 0.4) is 0 Å². The van der Waals surface area contributed by atoms with E-state index in [1.807, 2.05) is 18.2 Å². The number of hydrogen-bond acceptors (Lipinski definition) is 2. The van der Waals surface area contributed by atoms with Crippen molar-refractivity contribution in [3.63, 3.8) is 0 Å². The molecule has 0 aliphatic carbocycles. The molecule has 0 radical (unpaired) electrons. The van der Waals surface area contributed by atoms with Crippen LogP contribution in [0.25, 0.3) is 0 Å². The monoisotopic (exact) mass is 254 g/mol. The smallest absolute Gasteiger partial charge is 0.0317 e. The molecular weight excluding hydrogens is 232 g/mol. The lowest BCUT2D eigenvalue weighted by Crippen LogP contribution is -2.17. The Labute approximate surface area is 115 Å². The largest absolute Gasteiger partial charge is 0.399 e. The van der Waals surface area contributed by atoms with Gasteiger partial charge in [0.1, 0.15) is 0 Å². The van der Waals surface area contributed by atoms with Crippen LogP contribution in [0.15, 0.2) is 42.5 Å². The molecule has 2 rings (SSSR count). The minimum atomic E-state index is 0.831. The zero-order valence-corrected chi connectivity index (χ0v) is 12.0. The second-order valence-corrected chi connectivity index (χ2v) is 5.41. The lowest BCUT2D eigenvalue weighted by atomic mass is 10.1. The summed E-state index contributed by atoms with van der Waals surface area (Å²) in [6, 6.07) is 14.8. The first kappa shape index (κ1) is 13.6. The zero-order valence-electron chi connectivity index (χ0n) is 12.0. The van der Waals surface area contributed by atoms with Crippen LogP contribution in [-0.4, -0.2) is 11.9 Å². The average Bonchev–Trinajstić information content (AvgIpc) is 2.26. The van der Waals surface area contributed by atoms with Gasteiger partial charge in [-0.05, 0) is 44.2 Å². The van der Waals surface area contributed by atoms with Gasteiger partial charge in [-0.1, -0.05) is 41.5 Å². The highest BCUT2D eigenvalue weighted by molar-refractivity contribution is 5.40. The summed E-state index contributed by atoms with van der Waals surface area (Å²) in [4.78, 5) is 2.31. The molecule has 2 nitrogen and oxygen atoms in total. The lowest BCUT2D eigenvalue weighted by Gasteiger charge is -2.18. The maximum absolute atomic E-state index is 5.81. The summed E-state index contributed by atoms with van der Waals surface area (Å²) in [5.74, 6) is 0. The van der Waals surface area contributed by atoms with E-state index in [1.54, 1.807) is 0 Å². The number of nitrogens with zero attached hydrogens (tertiary/aromatic N) is 1. The summed E-state index contributed by atoms with van der Waals surface area (Å²) in [6.45, 7) is 6.16. The van der Waals surface area contributed by atoms with E-state index >= 15 is 0 Å². The van der Waals surface area contributed by atoms with Crippen molar-refractivity contribution in [2.24, 2.45) is 0 Å². The van der Waals surface area contributed by atoms with E-state index in [1.165, 1.54) is 22.3 Å². The Morgan fingerprint density at radius 2 is 1.53 bits per heavy atom. The molecule has 19 heavy (non-hydrogen) atoms. The van der Waals surface area contributed by atoms with Gasteiger partial charge in [0.05, 0.1) is 0 Å². The molecule has 2 N–H and O–H groups in total. The molecule has 0 unspecified atom stereocenters. The van der Waals surface area contributed by atoms with Crippen LogP contribution in [0.2, 0.25) is 0 Å². The number of anilines is 1. The van der Waals surface area contributed by atoms with E-state index in [0.717, 1.165) is 18.8 Å². The summed E-state index contributed by atoms with van der Waals surface area (Å²) in [7, 11) is 2.14. The van der Waals surface area contributed by atoms with Crippen LogP contribution >= 0.6 is 0 Å². The molecule has 0 fully saturated rings. The van der Waals surface area contributed by atoms with Crippen LogP contribution in [0.5, 0.6) is 0 Å². The van der Waals surface area contributed by atoms with Gasteiger partial charge in [0.15, 0.2) is 0 Å². The summed E-state index contributed by atoms with van der Waals surface area (Å²) in [5, 5.41) is 0. The Morgan fingerprint density at radius 1 is 0.895 bits per heavy atom. The minimum Gasteiger partial charge on any atom is -0.399 e. The summed E-state index contributed by atoms with van der Waals surface area (Å²) < 4.78 is 0. The molecule has 0 saturated carbocycles. The molecule has 0 aromatic heterocycles. The highest BCUT2D eigenvalue weighted by Gasteiger charge is 2.03. The zero-order chi connectivity index (χ0) is 13.8. The van der Waals surface area contributed by atoms with Gasteiger partial charge in [-0.3, -0.25) is 4.90 Å². The standard InChI is InChI=1S/C17H22N2/c1-13-7-14(2)9-16(8-13)12-19(3)11-15-5-4-6-17(18)10-15/h4-10H,11-12,18H2,1-3H3. The maximum atomic E-state index is 5.81. The Kier molecular flexibility index (Phi) is 4.23. The fourth-order valence-electron chi connectivity index (χ4n) is 2.53. The van der Waals surface area contributed by atoms with Crippen LogP contribution in [-0.2, 0) is 13.1 Å². The van der Waals surface area contributed by atoms with Crippen molar-refractivity contribution in [2.75, 3.05) is 12.8 Å². The van der Waals surface area contributed by atoms with Gasteiger partial charge in [0.25, 0.3) is 0 Å². The van der Waals surface area contributed by atoms with Gasteiger partial charge in [-0.15, -0.1) is 0 Å². The van der Waals surface area contributed by atoms with Gasteiger partial charge in [0, 0.05) is 18.8 Å². The molecular formula is C17H22N2. The van der Waals surface area contributed by atoms with Crippen molar-refractivity contribution in [1.29, 1.82) is 0 Å². The minimum absolute atomic E-state index is 0.831. The Morgan fingerprint density at radius 3 is 2.16 bits per heavy atom. The highest BCUT2D eigenvalue weighted by Crippen LogP contribution is 2.13. The van der Waals surface area contributed by atoms with E-state index < -0.39 is 0 Å². The number of hydrogen-bond donors (Lipinski definition) is 1. The molecule has 0 amide bonds. The molecule has 0 heterocycles. The molecule has 0 atom stereocenters. The molecule has 100 valence electrons. The fourth-order valence-corrected chi connectivity index (χ4v) is 2.53. The molecule has 0 spiro atoms. The van der Waals surface area contributed by atoms with Crippen molar-refractivity contribution < 1.29 is 0 Å². The van der Waals surface area contributed by atoms with Crippen LogP contribution in [0.1, 0.15) is 22.3 Å². The van der Waals surface area contributed by atoms with Crippen molar-refractivity contribution in [3.8, 4) is 0 Å². The molecule has 0 aliphatic rings. The Hall–Kier alpha value is -1.80. The first-order chi connectivity index (χ1) is 9.02. The molecule has 0 bridgehead atoms. The first-order valence-electron chi connectivity index (χ1n) is 6.63. The second kappa shape index (κ2) is 5.89. The number of nitrogen functional groups attached to an aromatic ring is 1. The highest BCUT2D eigenvalue weighted by atomic mass is 15.1. The number of nitrogens with two attached hydrogens (primary N) is 1. The van der Waals surface area contributed by atoms with Gasteiger partial charge in [0.2, 0.25) is 0 Å². The Bertz CT molecular complexity index is 541. The molecule has 2 aromatic carbocycles. The topological polar surface area (TPSA) is 29.3 Å². The maximum Gasteiger partial charge on any atom is 0.0317 e. The van der Waals surface area contributed by atoms with E-state index in [-0.39, 0.29) is 0 Å². The van der Waals surface area contributed by atoms with Crippen LogP contribution in [0, 0.1) is 13.8 Å². The van der Waals surface area contributed by atoms with Crippen LogP contribution in [0.4, 0.5) is 5.69 Å². The summed E-state index contributed by atoms with van der Waals surface area (Å²) in [5.41, 5.74) is 11.9. The molecule has 2 heteroatoms. The van der Waals surface area contributed by atoms with Gasteiger partial charge >= 0.3 is 0 Å². The predicted molar refractivity (Wildman–Crippen MR) is 81.9 cm³/mol. The molecule has 0 saturated heterocycles. The number of rotatable bonds is 4. The van der Waals surface area contributed by atoms with Crippen molar-refractivity contribution in [3.05, 3.63) is 64.7 Å². The van der Waals surface area contributed by atoms with Crippen molar-refractivity contribution >= 4 is 5.69 Å². The normalized spacial score (nSPS) is 10.9. The quantitative estimate of drug-likeness (QED) is 0.846. The van der Waals surface area contributed by atoms with E-state index in [0.29, 0.717) is 0 Å². The third kappa shape index (κ3) is 4.11. The average molecular weight is 254 g/mol. The third-order valence-electron chi connectivity index (χ3n) is 3.14. The summed E-state index contributed by atoms with van der Waals surface area (Å²) in [6.07, 6.45) is 0. The van der Waals surface area contributed by atoms with E-state index in [9.17, 15) is 0 Å². The van der Waals surface area contributed by atoms with Crippen molar-refractivity contribution in [2.45, 2.75) is 26.9 Å². The molecule has 2 aromatic rings. The fraction of sp³-hybridized carbons (Fsp3) is 0.294. The summed E-state index contributed by atoms with van der Waals surface area (Å²) >= 11 is 0. The molecule has 0 aliphatic heterocycles. The number of benzene rings is 2. The van der Waals surface area contributed by atoms with E-state index in [2.05, 4.69) is 50.1 Å². The van der Waals surface area contributed by atoms with Gasteiger partial charge in [-0.2, -0.15) is 0 Å². The van der Waals surface area contributed by atoms with Gasteiger partial charge < -0.3 is 5.73 Å². The SMILES string of the molecule is Cc1cc(C)cc(CN(C)Cc2cccc(N)c2)c1. The van der Waals surface area contributed by atoms with E-state index in [4.69, 9.17) is 5.73 Å². The lowest BCUT2D eigenvalue weighted by molar-refractivity contribution is 0.319.